The maximum absolute atomic E-state index is 15.1. The highest BCUT2D eigenvalue weighted by Crippen LogP contribution is 2.36. The van der Waals surface area contributed by atoms with Gasteiger partial charge in [0.05, 0.1) is 0 Å². The van der Waals surface area contributed by atoms with Crippen LogP contribution in [0.25, 0.3) is 0 Å². The lowest BCUT2D eigenvalue weighted by atomic mass is 9.82. The Balaban J connectivity index is 0.00000141. The summed E-state index contributed by atoms with van der Waals surface area (Å²) in [5.41, 5.74) is 0.831. The molecule has 0 bridgehead atoms. The molecule has 1 aromatic heterocycles. The summed E-state index contributed by atoms with van der Waals surface area (Å²) in [6.07, 6.45) is 5.46. The van der Waals surface area contributed by atoms with Crippen LogP contribution in [0.5, 0.6) is 0 Å². The van der Waals surface area contributed by atoms with E-state index in [4.69, 9.17) is 33.1 Å². The van der Waals surface area contributed by atoms with Crippen LogP contribution in [0.15, 0.2) is 53.8 Å². The van der Waals surface area contributed by atoms with Crippen molar-refractivity contribution in [2.24, 2.45) is 0 Å². The highest BCUT2D eigenvalue weighted by atomic mass is 35.5. The summed E-state index contributed by atoms with van der Waals surface area (Å²) in [7, 11) is -0.589. The lowest BCUT2D eigenvalue weighted by Crippen LogP contribution is -2.56. The summed E-state index contributed by atoms with van der Waals surface area (Å²) in [5.74, 6) is -2.45. The maximum Gasteiger partial charge on any atom is 0.290 e. The van der Waals surface area contributed by atoms with E-state index in [1.54, 1.807) is 18.2 Å². The molecular weight excluding hydrogens is 587 g/mol. The highest BCUT2D eigenvalue weighted by Gasteiger charge is 2.38. The van der Waals surface area contributed by atoms with Crippen LogP contribution in [0.1, 0.15) is 24.8 Å². The summed E-state index contributed by atoms with van der Waals surface area (Å²) in [4.78, 5) is 18.8. The van der Waals surface area contributed by atoms with Crippen molar-refractivity contribution in [1.29, 1.82) is 0 Å². The van der Waals surface area contributed by atoms with Crippen molar-refractivity contribution in [2.45, 2.75) is 36.1 Å². The first-order chi connectivity index (χ1) is 18.9. The molecule has 0 spiro atoms. The van der Waals surface area contributed by atoms with Gasteiger partial charge < -0.3 is 14.9 Å². The van der Waals surface area contributed by atoms with Crippen molar-refractivity contribution < 1.29 is 27.1 Å². The third kappa shape index (κ3) is 7.36. The number of carbonyl (C=O) groups is 1. The molecule has 0 radical (unpaired) electrons. The van der Waals surface area contributed by atoms with Crippen molar-refractivity contribution in [1.82, 2.24) is 14.9 Å². The molecule has 1 saturated heterocycles. The number of piperidine rings is 1. The molecule has 2 aromatic carbocycles. The Morgan fingerprint density at radius 2 is 1.80 bits per heavy atom. The lowest BCUT2D eigenvalue weighted by molar-refractivity contribution is -0.122. The van der Waals surface area contributed by atoms with Gasteiger partial charge in [-0.1, -0.05) is 29.3 Å². The van der Waals surface area contributed by atoms with E-state index in [-0.39, 0.29) is 23.5 Å². The number of nitrogens with one attached hydrogen (secondary N) is 1. The van der Waals surface area contributed by atoms with Gasteiger partial charge in [0.1, 0.15) is 23.8 Å². The molecule has 14 heteroatoms. The van der Waals surface area contributed by atoms with E-state index in [1.165, 1.54) is 12.3 Å². The number of aromatic nitrogens is 2. The third-order valence-corrected chi connectivity index (χ3v) is 8.96. The molecule has 0 aliphatic carbocycles. The van der Waals surface area contributed by atoms with Crippen LogP contribution in [-0.2, 0) is 21.2 Å². The summed E-state index contributed by atoms with van der Waals surface area (Å²) < 4.78 is 57.7. The summed E-state index contributed by atoms with van der Waals surface area (Å²) in [6.45, 7) is 0.818. The van der Waals surface area contributed by atoms with Crippen LogP contribution in [0.4, 0.5) is 20.3 Å². The maximum atomic E-state index is 15.1. The molecule has 2 N–H and O–H groups in total. The molecule has 1 aliphatic rings. The van der Waals surface area contributed by atoms with Gasteiger partial charge in [-0.2, -0.15) is 0 Å². The largest absolute Gasteiger partial charge is 0.483 e. The Labute approximate surface area is 241 Å². The van der Waals surface area contributed by atoms with Crippen LogP contribution in [0, 0.1) is 11.6 Å². The van der Waals surface area contributed by atoms with Crippen molar-refractivity contribution in [2.75, 3.05) is 36.8 Å². The minimum atomic E-state index is -4.55. The number of benzene rings is 2. The fourth-order valence-electron chi connectivity index (χ4n) is 4.78. The normalized spacial score (nSPS) is 17.2. The van der Waals surface area contributed by atoms with E-state index in [9.17, 15) is 8.42 Å². The average Bonchev–Trinajstić information content (AvgIpc) is 2.88. The number of hydrogen-bond acceptors (Lipinski definition) is 7. The van der Waals surface area contributed by atoms with Gasteiger partial charge in [0.2, 0.25) is 0 Å². The van der Waals surface area contributed by atoms with Gasteiger partial charge in [0.15, 0.2) is 4.90 Å². The van der Waals surface area contributed by atoms with E-state index in [1.807, 2.05) is 19.0 Å². The SMILES string of the molecule is CN(C)[C@]1(CCc2c(Cl)cccc2Cl)CCCN(c2cc(F)c(S(=O)(=O)Nc3ccncn3)c(F)c2)C1.O=CO. The first-order valence-electron chi connectivity index (χ1n) is 12.1. The zero-order chi connectivity index (χ0) is 29.5. The fourth-order valence-corrected chi connectivity index (χ4v) is 6.50. The second-order valence-electron chi connectivity index (χ2n) is 9.39. The van der Waals surface area contributed by atoms with Crippen molar-refractivity contribution in [3.63, 3.8) is 0 Å². The van der Waals surface area contributed by atoms with E-state index in [0.717, 1.165) is 43.3 Å². The van der Waals surface area contributed by atoms with Gasteiger partial charge in [-0.25, -0.2) is 27.2 Å². The van der Waals surface area contributed by atoms with Crippen molar-refractivity contribution >= 4 is 51.2 Å². The second-order valence-corrected chi connectivity index (χ2v) is 11.8. The van der Waals surface area contributed by atoms with E-state index in [0.29, 0.717) is 29.6 Å². The molecule has 0 unspecified atom stereocenters. The van der Waals surface area contributed by atoms with Crippen LogP contribution in [0.2, 0.25) is 10.0 Å². The minimum Gasteiger partial charge on any atom is -0.483 e. The summed E-state index contributed by atoms with van der Waals surface area (Å²) in [6, 6.07) is 8.82. The molecule has 2 heterocycles. The van der Waals surface area contributed by atoms with Crippen LogP contribution < -0.4 is 9.62 Å². The Morgan fingerprint density at radius 3 is 2.35 bits per heavy atom. The number of likely N-dealkylation sites (N-methyl/N-ethyl adjacent to an activating group) is 1. The molecule has 3 aromatic rings. The van der Waals surface area contributed by atoms with E-state index < -0.39 is 26.6 Å². The molecule has 1 atom stereocenters. The highest BCUT2D eigenvalue weighted by molar-refractivity contribution is 7.92. The number of sulfonamides is 1. The molecule has 1 fully saturated rings. The van der Waals surface area contributed by atoms with Gasteiger partial charge in [-0.05, 0) is 75.7 Å². The molecule has 9 nitrogen and oxygen atoms in total. The predicted molar refractivity (Wildman–Crippen MR) is 151 cm³/mol. The topological polar surface area (TPSA) is 116 Å². The molecule has 0 amide bonds. The number of hydrogen-bond donors (Lipinski definition) is 2. The van der Waals surface area contributed by atoms with E-state index >= 15 is 8.78 Å². The fraction of sp³-hybridized carbons (Fsp3) is 0.346. The smallest absolute Gasteiger partial charge is 0.290 e. The van der Waals surface area contributed by atoms with Gasteiger partial charge in [0, 0.05) is 40.6 Å². The second kappa shape index (κ2) is 13.5. The first-order valence-corrected chi connectivity index (χ1v) is 14.4. The zero-order valence-corrected chi connectivity index (χ0v) is 24.1. The Kier molecular flexibility index (Phi) is 10.6. The van der Waals surface area contributed by atoms with Crippen LogP contribution >= 0.6 is 23.2 Å². The van der Waals surface area contributed by atoms with E-state index in [2.05, 4.69) is 19.6 Å². The third-order valence-electron chi connectivity index (χ3n) is 6.84. The predicted octanol–water partition coefficient (Wildman–Crippen LogP) is 5.10. The van der Waals surface area contributed by atoms with Gasteiger partial charge in [-0.3, -0.25) is 9.52 Å². The number of anilines is 2. The summed E-state index contributed by atoms with van der Waals surface area (Å²) in [5, 5.41) is 8.09. The van der Waals surface area contributed by atoms with Gasteiger partial charge in [0.25, 0.3) is 16.5 Å². The first kappa shape index (κ1) is 31.5. The number of carboxylic acid groups (broad SMARTS) is 1. The Hall–Kier alpha value is -3.06. The number of halogens is 4. The van der Waals surface area contributed by atoms with Crippen molar-refractivity contribution in [3.05, 3.63) is 76.2 Å². The van der Waals surface area contributed by atoms with Crippen molar-refractivity contribution in [3.8, 4) is 0 Å². The minimum absolute atomic E-state index is 0.0942. The van der Waals surface area contributed by atoms with Gasteiger partial charge >= 0.3 is 0 Å². The molecule has 0 saturated carbocycles. The number of rotatable bonds is 8. The molecular formula is C26H29Cl2F2N5O4S. The van der Waals surface area contributed by atoms with Crippen LogP contribution in [0.3, 0.4) is 0 Å². The number of nitrogens with zero attached hydrogens (tertiary/aromatic N) is 4. The molecule has 1 aliphatic heterocycles. The lowest BCUT2D eigenvalue weighted by Gasteiger charge is -2.48. The quantitative estimate of drug-likeness (QED) is 0.336. The van der Waals surface area contributed by atoms with Gasteiger partial charge in [-0.15, -0.1) is 0 Å². The Morgan fingerprint density at radius 1 is 1.18 bits per heavy atom. The molecule has 216 valence electrons. The Bertz CT molecular complexity index is 1390. The molecule has 40 heavy (non-hydrogen) atoms. The van der Waals surface area contributed by atoms with Crippen LogP contribution in [-0.4, -0.2) is 67.6 Å². The summed E-state index contributed by atoms with van der Waals surface area (Å²) >= 11 is 12.8. The zero-order valence-electron chi connectivity index (χ0n) is 21.8. The molecule has 4 rings (SSSR count). The average molecular weight is 617 g/mol. The monoisotopic (exact) mass is 615 g/mol. The standard InChI is InChI=1S/C25H27Cl2F2N5O2S.CH2O2/c1-33(2)25(10-7-18-19(26)5-3-6-20(18)27)9-4-12-34(15-25)17-13-21(28)24(22(29)14-17)37(35,36)32-23-8-11-30-16-31-23;2-1-3/h3,5-6,8,11,13-14,16H,4,7,9-10,12,15H2,1-2H3,(H,30,31,32);1H,(H,2,3)/t25-;/m0./s1.